The average Bonchev–Trinajstić information content (AvgIpc) is 2.51. The van der Waals surface area contributed by atoms with Gasteiger partial charge in [0.05, 0.1) is 11.8 Å². The van der Waals surface area contributed by atoms with Crippen molar-refractivity contribution in [2.75, 3.05) is 0 Å². The third kappa shape index (κ3) is 2.58. The molecule has 80 valence electrons. The van der Waals surface area contributed by atoms with Gasteiger partial charge in [0.15, 0.2) is 0 Å². The summed E-state index contributed by atoms with van der Waals surface area (Å²) in [5, 5.41) is 14.3. The van der Waals surface area contributed by atoms with Gasteiger partial charge in [-0.3, -0.25) is 4.68 Å². The van der Waals surface area contributed by atoms with Gasteiger partial charge in [-0.25, -0.2) is 0 Å². The van der Waals surface area contributed by atoms with Gasteiger partial charge in [0.2, 0.25) is 0 Å². The Bertz CT molecular complexity index is 289. The average molecular weight is 196 g/mol. The van der Waals surface area contributed by atoms with Crippen molar-refractivity contribution in [2.24, 2.45) is 5.92 Å². The summed E-state index contributed by atoms with van der Waals surface area (Å²) < 4.78 is 1.88. The molecule has 0 bridgehead atoms. The third-order valence-corrected chi connectivity index (χ3v) is 2.82. The van der Waals surface area contributed by atoms with Crippen LogP contribution in [0, 0.1) is 5.92 Å². The van der Waals surface area contributed by atoms with Gasteiger partial charge in [0.25, 0.3) is 0 Å². The highest BCUT2D eigenvalue weighted by atomic mass is 16.3. The molecule has 0 radical (unpaired) electrons. The fraction of sp³-hybridized carbons (Fsp3) is 0.727. The van der Waals surface area contributed by atoms with Gasteiger partial charge in [-0.1, -0.05) is 13.8 Å². The predicted molar refractivity (Wildman–Crippen MR) is 57.1 cm³/mol. The van der Waals surface area contributed by atoms with Crippen molar-refractivity contribution in [1.29, 1.82) is 0 Å². The van der Waals surface area contributed by atoms with E-state index in [0.29, 0.717) is 6.42 Å². The number of aromatic nitrogens is 2. The number of rotatable bonds is 4. The fourth-order valence-electron chi connectivity index (χ4n) is 1.29. The summed E-state index contributed by atoms with van der Waals surface area (Å²) in [5.41, 5.74) is 0.465. The van der Waals surface area contributed by atoms with Gasteiger partial charge < -0.3 is 5.11 Å². The number of hydrogen-bond donors (Lipinski definition) is 1. The number of aliphatic hydroxyl groups is 1. The quantitative estimate of drug-likeness (QED) is 0.798. The Morgan fingerprint density at radius 1 is 1.57 bits per heavy atom. The third-order valence-electron chi connectivity index (χ3n) is 2.82. The lowest BCUT2D eigenvalue weighted by atomic mass is 9.87. The molecular weight excluding hydrogens is 176 g/mol. The Balaban J connectivity index is 2.68. The zero-order valence-electron chi connectivity index (χ0n) is 9.49. The molecule has 1 atom stereocenters. The van der Waals surface area contributed by atoms with Gasteiger partial charge in [-0.15, -0.1) is 0 Å². The Morgan fingerprint density at radius 2 is 2.21 bits per heavy atom. The minimum absolute atomic E-state index is 0.257. The molecule has 0 saturated carbocycles. The first kappa shape index (κ1) is 11.2. The second-order valence-corrected chi connectivity index (χ2v) is 4.39. The molecule has 0 fully saturated rings. The van der Waals surface area contributed by atoms with Crippen LogP contribution in [0.2, 0.25) is 0 Å². The molecule has 0 saturated heterocycles. The SMILES string of the molecule is CCn1cc(CC(C)(O)C(C)C)cn1. The van der Waals surface area contributed by atoms with E-state index in [0.717, 1.165) is 12.1 Å². The number of hydrogen-bond acceptors (Lipinski definition) is 2. The van der Waals surface area contributed by atoms with Crippen molar-refractivity contribution in [2.45, 2.75) is 46.3 Å². The molecule has 14 heavy (non-hydrogen) atoms. The molecule has 1 unspecified atom stereocenters. The Kier molecular flexibility index (Phi) is 3.32. The normalized spacial score (nSPS) is 15.9. The minimum atomic E-state index is -0.637. The van der Waals surface area contributed by atoms with E-state index >= 15 is 0 Å². The molecule has 1 aromatic rings. The molecule has 0 amide bonds. The summed E-state index contributed by atoms with van der Waals surface area (Å²) >= 11 is 0. The Labute approximate surface area is 85.8 Å². The van der Waals surface area contributed by atoms with Crippen LogP contribution in [0.4, 0.5) is 0 Å². The van der Waals surface area contributed by atoms with E-state index in [9.17, 15) is 5.11 Å². The Morgan fingerprint density at radius 3 is 2.64 bits per heavy atom. The lowest BCUT2D eigenvalue weighted by Crippen LogP contribution is -2.33. The van der Waals surface area contributed by atoms with E-state index in [1.165, 1.54) is 0 Å². The maximum atomic E-state index is 10.1. The molecule has 0 aliphatic heterocycles. The first-order chi connectivity index (χ1) is 6.45. The van der Waals surface area contributed by atoms with Crippen LogP contribution in [0.1, 0.15) is 33.3 Å². The lowest BCUT2D eigenvalue weighted by Gasteiger charge is -2.26. The van der Waals surface area contributed by atoms with E-state index in [1.807, 2.05) is 37.8 Å². The summed E-state index contributed by atoms with van der Waals surface area (Å²) in [6, 6.07) is 0. The van der Waals surface area contributed by atoms with Crippen LogP contribution in [-0.2, 0) is 13.0 Å². The highest BCUT2D eigenvalue weighted by Gasteiger charge is 2.25. The van der Waals surface area contributed by atoms with E-state index in [1.54, 1.807) is 0 Å². The summed E-state index contributed by atoms with van der Waals surface area (Å²) in [4.78, 5) is 0. The predicted octanol–water partition coefficient (Wildman–Crippen LogP) is 1.85. The molecular formula is C11H20N2O. The summed E-state index contributed by atoms with van der Waals surface area (Å²) in [7, 11) is 0. The zero-order valence-corrected chi connectivity index (χ0v) is 9.49. The van der Waals surface area contributed by atoms with Crippen molar-refractivity contribution < 1.29 is 5.11 Å². The molecule has 3 heteroatoms. The second kappa shape index (κ2) is 4.13. The maximum Gasteiger partial charge on any atom is 0.0683 e. The van der Waals surface area contributed by atoms with Gasteiger partial charge in [-0.2, -0.15) is 5.10 Å². The number of aryl methyl sites for hydroxylation is 1. The maximum absolute atomic E-state index is 10.1. The molecule has 1 aromatic heterocycles. The standard InChI is InChI=1S/C11H20N2O/c1-5-13-8-10(7-12-13)6-11(4,14)9(2)3/h7-9,14H,5-6H2,1-4H3. The van der Waals surface area contributed by atoms with Crippen molar-refractivity contribution in [1.82, 2.24) is 9.78 Å². The summed E-state index contributed by atoms with van der Waals surface area (Å²) in [6.07, 6.45) is 4.50. The van der Waals surface area contributed by atoms with E-state index in [-0.39, 0.29) is 5.92 Å². The highest BCUT2D eigenvalue weighted by Crippen LogP contribution is 2.21. The van der Waals surface area contributed by atoms with Crippen LogP contribution in [0.15, 0.2) is 12.4 Å². The molecule has 3 nitrogen and oxygen atoms in total. The van der Waals surface area contributed by atoms with Crippen LogP contribution in [0.3, 0.4) is 0 Å². The minimum Gasteiger partial charge on any atom is -0.390 e. The first-order valence-electron chi connectivity index (χ1n) is 5.19. The van der Waals surface area contributed by atoms with Crippen LogP contribution >= 0.6 is 0 Å². The van der Waals surface area contributed by atoms with E-state index < -0.39 is 5.60 Å². The smallest absolute Gasteiger partial charge is 0.0683 e. The van der Waals surface area contributed by atoms with Gasteiger partial charge >= 0.3 is 0 Å². The van der Waals surface area contributed by atoms with E-state index in [2.05, 4.69) is 12.0 Å². The highest BCUT2D eigenvalue weighted by molar-refractivity contribution is 5.08. The molecule has 1 rings (SSSR count). The molecule has 0 spiro atoms. The fourth-order valence-corrected chi connectivity index (χ4v) is 1.29. The van der Waals surface area contributed by atoms with Crippen molar-refractivity contribution in [3.63, 3.8) is 0 Å². The zero-order chi connectivity index (χ0) is 10.8. The van der Waals surface area contributed by atoms with Crippen LogP contribution in [-0.4, -0.2) is 20.5 Å². The van der Waals surface area contributed by atoms with Gasteiger partial charge in [0, 0.05) is 19.2 Å². The molecule has 1 N–H and O–H groups in total. The molecule has 0 aliphatic carbocycles. The summed E-state index contributed by atoms with van der Waals surface area (Å²) in [5.74, 6) is 0.257. The van der Waals surface area contributed by atoms with Crippen LogP contribution in [0.5, 0.6) is 0 Å². The van der Waals surface area contributed by atoms with E-state index in [4.69, 9.17) is 0 Å². The Hall–Kier alpha value is -0.830. The lowest BCUT2D eigenvalue weighted by molar-refractivity contribution is 0.0139. The molecule has 1 heterocycles. The van der Waals surface area contributed by atoms with Gasteiger partial charge in [-0.05, 0) is 25.3 Å². The largest absolute Gasteiger partial charge is 0.390 e. The van der Waals surface area contributed by atoms with Crippen LogP contribution < -0.4 is 0 Å². The monoisotopic (exact) mass is 196 g/mol. The number of nitrogens with zero attached hydrogens (tertiary/aromatic N) is 2. The molecule has 0 aliphatic rings. The molecule has 0 aromatic carbocycles. The topological polar surface area (TPSA) is 38.0 Å². The second-order valence-electron chi connectivity index (χ2n) is 4.39. The van der Waals surface area contributed by atoms with Crippen molar-refractivity contribution in [3.05, 3.63) is 18.0 Å². The van der Waals surface area contributed by atoms with Crippen molar-refractivity contribution in [3.8, 4) is 0 Å². The van der Waals surface area contributed by atoms with Crippen molar-refractivity contribution >= 4 is 0 Å². The van der Waals surface area contributed by atoms with Crippen LogP contribution in [0.25, 0.3) is 0 Å². The van der Waals surface area contributed by atoms with Gasteiger partial charge in [0.1, 0.15) is 0 Å². The summed E-state index contributed by atoms with van der Waals surface area (Å²) in [6.45, 7) is 8.87. The first-order valence-corrected chi connectivity index (χ1v) is 5.19.